The average molecular weight is 257 g/mol. The maximum absolute atomic E-state index is 10.9. The second kappa shape index (κ2) is 4.48. The molecule has 0 atom stereocenters. The zero-order chi connectivity index (χ0) is 11.6. The molecule has 1 aromatic heterocycles. The lowest BCUT2D eigenvalue weighted by atomic mass is 10.3. The summed E-state index contributed by atoms with van der Waals surface area (Å²) in [5.41, 5.74) is 3.15. The molecule has 0 bridgehead atoms. The van der Waals surface area contributed by atoms with E-state index in [-0.39, 0.29) is 0 Å². The van der Waals surface area contributed by atoms with Crippen molar-refractivity contribution in [2.75, 3.05) is 12.8 Å². The van der Waals surface area contributed by atoms with Crippen molar-refractivity contribution >= 4 is 31.6 Å². The average Bonchev–Trinajstić information content (AvgIpc) is 2.60. The van der Waals surface area contributed by atoms with Crippen molar-refractivity contribution < 1.29 is 13.0 Å². The summed E-state index contributed by atoms with van der Waals surface area (Å²) in [6.07, 6.45) is 1.17. The van der Waals surface area contributed by atoms with Gasteiger partial charge in [0.25, 0.3) is 0 Å². The minimum absolute atomic E-state index is 0.421. The molecule has 86 valence electrons. The first-order valence-electron chi connectivity index (χ1n) is 4.86. The Kier molecular flexibility index (Phi) is 3.22. The molecule has 2 rings (SSSR count). The quantitative estimate of drug-likeness (QED) is 0.821. The summed E-state index contributed by atoms with van der Waals surface area (Å²) >= 11 is 1.66. The zero-order valence-electron chi connectivity index (χ0n) is 8.88. The lowest BCUT2D eigenvalue weighted by molar-refractivity contribution is -0.664. The molecule has 0 amide bonds. The van der Waals surface area contributed by atoms with E-state index >= 15 is 0 Å². The first-order chi connectivity index (χ1) is 7.56. The fourth-order valence-corrected chi connectivity index (χ4v) is 2.88. The third-order valence-electron chi connectivity index (χ3n) is 2.20. The van der Waals surface area contributed by atoms with Crippen molar-refractivity contribution in [1.29, 1.82) is 0 Å². The topological polar surface area (TPSA) is 50.1 Å². The maximum atomic E-state index is 10.9. The van der Waals surface area contributed by atoms with Crippen molar-refractivity contribution in [3.05, 3.63) is 29.8 Å². The molecule has 2 aromatic rings. The van der Waals surface area contributed by atoms with E-state index in [2.05, 4.69) is 15.4 Å². The Morgan fingerprint density at radius 2 is 2.12 bits per heavy atom. The molecule has 0 fully saturated rings. The number of thiazole rings is 1. The van der Waals surface area contributed by atoms with Crippen LogP contribution in [0.25, 0.3) is 10.2 Å². The molecule has 0 saturated carbocycles. The van der Waals surface area contributed by atoms with Crippen molar-refractivity contribution in [1.82, 2.24) is 4.72 Å². The number of hydrogen-bond donors (Lipinski definition) is 1. The molecule has 0 saturated heterocycles. The normalized spacial score (nSPS) is 12.1. The highest BCUT2D eigenvalue weighted by molar-refractivity contribution is 7.88. The minimum Gasteiger partial charge on any atom is -0.213 e. The third-order valence-corrected chi connectivity index (χ3v) is 3.89. The molecule has 0 radical (unpaired) electrons. The van der Waals surface area contributed by atoms with Crippen molar-refractivity contribution in [3.8, 4) is 0 Å². The predicted molar refractivity (Wildman–Crippen MR) is 64.9 cm³/mol. The Labute approximate surface area is 98.6 Å². The number of fused-ring (bicyclic) bond motifs is 1. The van der Waals surface area contributed by atoms with Crippen molar-refractivity contribution in [2.45, 2.75) is 6.54 Å². The summed E-state index contributed by atoms with van der Waals surface area (Å²) in [6.45, 7) is 1.07. The Balaban J connectivity index is 2.10. The van der Waals surface area contributed by atoms with Crippen LogP contribution in [-0.2, 0) is 16.6 Å². The maximum Gasteiger partial charge on any atom is 0.225 e. The number of nitrogens with zero attached hydrogens (tertiary/aromatic N) is 1. The van der Waals surface area contributed by atoms with Gasteiger partial charge in [-0.3, -0.25) is 0 Å². The molecule has 1 N–H and O–H groups in total. The number of nitrogens with one attached hydrogen (secondary N) is 1. The van der Waals surface area contributed by atoms with E-state index in [9.17, 15) is 8.42 Å². The van der Waals surface area contributed by atoms with Crippen LogP contribution >= 0.6 is 11.3 Å². The molecular formula is C10H13N2O2S2+. The van der Waals surface area contributed by atoms with E-state index in [4.69, 9.17) is 0 Å². The second-order valence-electron chi connectivity index (χ2n) is 3.55. The summed E-state index contributed by atoms with van der Waals surface area (Å²) in [5.74, 6) is 0. The van der Waals surface area contributed by atoms with Crippen LogP contribution in [0.3, 0.4) is 0 Å². The number of benzene rings is 1. The van der Waals surface area contributed by atoms with Crippen LogP contribution in [-0.4, -0.2) is 21.2 Å². The van der Waals surface area contributed by atoms with Crippen LogP contribution in [0, 0.1) is 0 Å². The lowest BCUT2D eigenvalue weighted by Crippen LogP contribution is -2.39. The summed E-state index contributed by atoms with van der Waals surface area (Å²) < 4.78 is 27.6. The first kappa shape index (κ1) is 11.5. The van der Waals surface area contributed by atoms with E-state index in [1.807, 2.05) is 23.7 Å². The van der Waals surface area contributed by atoms with Crippen LogP contribution in [0.2, 0.25) is 0 Å². The van der Waals surface area contributed by atoms with E-state index in [0.29, 0.717) is 13.1 Å². The van der Waals surface area contributed by atoms with Gasteiger partial charge in [-0.2, -0.15) is 4.57 Å². The lowest BCUT2D eigenvalue weighted by Gasteiger charge is -1.97. The number of para-hydroxylation sites is 1. The predicted octanol–water partition coefficient (Wildman–Crippen LogP) is 0.738. The van der Waals surface area contributed by atoms with Crippen LogP contribution in [0.5, 0.6) is 0 Å². The largest absolute Gasteiger partial charge is 0.225 e. The Morgan fingerprint density at radius 1 is 1.38 bits per heavy atom. The van der Waals surface area contributed by atoms with Crippen LogP contribution in [0.4, 0.5) is 0 Å². The van der Waals surface area contributed by atoms with E-state index in [1.165, 1.54) is 11.0 Å². The summed E-state index contributed by atoms with van der Waals surface area (Å²) in [4.78, 5) is 0. The van der Waals surface area contributed by atoms with E-state index in [0.717, 1.165) is 5.52 Å². The smallest absolute Gasteiger partial charge is 0.213 e. The highest BCUT2D eigenvalue weighted by atomic mass is 32.2. The molecule has 0 aliphatic carbocycles. The molecule has 6 heteroatoms. The monoisotopic (exact) mass is 257 g/mol. The highest BCUT2D eigenvalue weighted by Gasteiger charge is 2.11. The number of rotatable bonds is 4. The van der Waals surface area contributed by atoms with Gasteiger partial charge in [0.1, 0.15) is 4.70 Å². The fourth-order valence-electron chi connectivity index (χ4n) is 1.50. The number of sulfonamides is 1. The summed E-state index contributed by atoms with van der Waals surface area (Å²) in [7, 11) is -3.09. The van der Waals surface area contributed by atoms with Gasteiger partial charge in [-0.25, -0.2) is 13.1 Å². The Hall–Kier alpha value is -0.980. The van der Waals surface area contributed by atoms with Crippen LogP contribution in [0.1, 0.15) is 0 Å². The van der Waals surface area contributed by atoms with Gasteiger partial charge in [0, 0.05) is 6.07 Å². The Bertz CT molecular complexity index is 590. The van der Waals surface area contributed by atoms with Gasteiger partial charge in [-0.15, -0.1) is 0 Å². The SMILES string of the molecule is CS(=O)(=O)NCC[n+]1csc2ccccc21. The van der Waals surface area contributed by atoms with E-state index in [1.54, 1.807) is 11.3 Å². The molecular weight excluding hydrogens is 244 g/mol. The third kappa shape index (κ3) is 2.78. The standard InChI is InChI=1S/C10H13N2O2S2/c1-16(13,14)11-6-7-12-8-15-10-5-3-2-4-9(10)12/h2-5,8,11H,6-7H2,1H3/q+1. The zero-order valence-corrected chi connectivity index (χ0v) is 10.5. The van der Waals surface area contributed by atoms with E-state index < -0.39 is 10.0 Å². The second-order valence-corrected chi connectivity index (χ2v) is 6.27. The molecule has 16 heavy (non-hydrogen) atoms. The van der Waals surface area contributed by atoms with Gasteiger partial charge >= 0.3 is 0 Å². The summed E-state index contributed by atoms with van der Waals surface area (Å²) in [5, 5.41) is 0. The van der Waals surface area contributed by atoms with Gasteiger partial charge in [-0.1, -0.05) is 23.5 Å². The van der Waals surface area contributed by atoms with Gasteiger partial charge in [-0.05, 0) is 6.07 Å². The first-order valence-corrected chi connectivity index (χ1v) is 7.64. The van der Waals surface area contributed by atoms with Crippen LogP contribution in [0.15, 0.2) is 29.8 Å². The molecule has 0 unspecified atom stereocenters. The number of aromatic nitrogens is 1. The number of hydrogen-bond acceptors (Lipinski definition) is 3. The van der Waals surface area contributed by atoms with Gasteiger partial charge in [0.05, 0.1) is 12.8 Å². The fraction of sp³-hybridized carbons (Fsp3) is 0.300. The van der Waals surface area contributed by atoms with Gasteiger partial charge in [0.2, 0.25) is 21.1 Å². The summed E-state index contributed by atoms with van der Waals surface area (Å²) in [6, 6.07) is 8.07. The van der Waals surface area contributed by atoms with Crippen LogP contribution < -0.4 is 9.29 Å². The van der Waals surface area contributed by atoms with Gasteiger partial charge < -0.3 is 0 Å². The van der Waals surface area contributed by atoms with Gasteiger partial charge in [0.15, 0.2) is 6.54 Å². The molecule has 0 aliphatic heterocycles. The molecule has 4 nitrogen and oxygen atoms in total. The van der Waals surface area contributed by atoms with Crippen molar-refractivity contribution in [2.24, 2.45) is 0 Å². The molecule has 1 heterocycles. The molecule has 0 spiro atoms. The highest BCUT2D eigenvalue weighted by Crippen LogP contribution is 2.14. The molecule has 1 aromatic carbocycles. The molecule has 0 aliphatic rings. The van der Waals surface area contributed by atoms with Crippen molar-refractivity contribution in [3.63, 3.8) is 0 Å². The Morgan fingerprint density at radius 3 is 2.88 bits per heavy atom. The minimum atomic E-state index is -3.09.